The van der Waals surface area contributed by atoms with Gasteiger partial charge in [-0.1, -0.05) is 32.0 Å². The molecule has 2 amide bonds. The van der Waals surface area contributed by atoms with E-state index in [-0.39, 0.29) is 25.0 Å². The molecule has 160 valence electrons. The molecule has 0 saturated carbocycles. The number of benzene rings is 1. The summed E-state index contributed by atoms with van der Waals surface area (Å²) < 4.78 is 9.99. The first-order chi connectivity index (χ1) is 13.9. The molecule has 0 spiro atoms. The van der Waals surface area contributed by atoms with E-state index >= 15 is 0 Å². The quantitative estimate of drug-likeness (QED) is 0.618. The highest BCUT2D eigenvalue weighted by Gasteiger charge is 2.24. The van der Waals surface area contributed by atoms with Crippen LogP contribution in [0.5, 0.6) is 0 Å². The minimum Gasteiger partial charge on any atom is -0.467 e. The predicted octanol–water partition coefficient (Wildman–Crippen LogP) is 1.06. The Kier molecular flexibility index (Phi) is 8.92. The normalized spacial score (nSPS) is 15.2. The number of methoxy groups -OCH3 is 1. The zero-order chi connectivity index (χ0) is 21.2. The van der Waals surface area contributed by atoms with Gasteiger partial charge in [-0.05, 0) is 24.5 Å². The van der Waals surface area contributed by atoms with E-state index in [2.05, 4.69) is 22.3 Å². The number of rotatable bonds is 9. The number of ether oxygens (including phenoxy) is 2. The van der Waals surface area contributed by atoms with Crippen molar-refractivity contribution in [2.24, 2.45) is 5.92 Å². The van der Waals surface area contributed by atoms with Crippen LogP contribution in [0.4, 0.5) is 5.69 Å². The molecule has 1 saturated heterocycles. The fraction of sp³-hybridized carbons (Fsp3) is 0.571. The molecule has 29 heavy (non-hydrogen) atoms. The number of carbonyl (C=O) groups excluding carboxylic acids is 3. The van der Waals surface area contributed by atoms with E-state index in [0.29, 0.717) is 19.5 Å². The largest absolute Gasteiger partial charge is 0.467 e. The number of amides is 2. The number of nitrogens with zero attached hydrogens (tertiary/aromatic N) is 2. The first kappa shape index (κ1) is 22.7. The summed E-state index contributed by atoms with van der Waals surface area (Å²) in [6, 6.07) is 9.38. The summed E-state index contributed by atoms with van der Waals surface area (Å²) in [6.07, 6.45) is 0.475. The molecule has 1 aliphatic heterocycles. The molecular weight excluding hydrogens is 374 g/mol. The SMILES string of the molecule is COC(=O)C(CC(C)C)NC(=O)COCC(=O)N1CCN(c2ccccc2)CC1. The molecule has 2 rings (SSSR count). The number of hydrogen-bond acceptors (Lipinski definition) is 6. The summed E-state index contributed by atoms with van der Waals surface area (Å²) in [5.74, 6) is -0.851. The molecule has 0 radical (unpaired) electrons. The number of esters is 1. The maximum absolute atomic E-state index is 12.3. The van der Waals surface area contributed by atoms with Crippen LogP contribution in [-0.2, 0) is 23.9 Å². The summed E-state index contributed by atoms with van der Waals surface area (Å²) in [5.41, 5.74) is 1.15. The van der Waals surface area contributed by atoms with Crippen LogP contribution in [-0.4, -0.2) is 75.2 Å². The Morgan fingerprint density at radius 1 is 1.03 bits per heavy atom. The molecule has 1 aliphatic rings. The van der Waals surface area contributed by atoms with Crippen molar-refractivity contribution in [3.05, 3.63) is 30.3 Å². The van der Waals surface area contributed by atoms with Gasteiger partial charge in [0.25, 0.3) is 0 Å². The summed E-state index contributed by atoms with van der Waals surface area (Å²) >= 11 is 0. The number of carbonyl (C=O) groups is 3. The molecule has 1 fully saturated rings. The minimum atomic E-state index is -0.710. The van der Waals surface area contributed by atoms with Crippen LogP contribution in [0.15, 0.2) is 30.3 Å². The lowest BCUT2D eigenvalue weighted by molar-refractivity contribution is -0.147. The molecule has 0 bridgehead atoms. The van der Waals surface area contributed by atoms with Crippen LogP contribution in [0.25, 0.3) is 0 Å². The van der Waals surface area contributed by atoms with Crippen molar-refractivity contribution in [2.75, 3.05) is 51.4 Å². The minimum absolute atomic E-state index is 0.141. The third-order valence-electron chi connectivity index (χ3n) is 4.74. The lowest BCUT2D eigenvalue weighted by Crippen LogP contribution is -2.50. The second-order valence-corrected chi connectivity index (χ2v) is 7.47. The molecule has 1 heterocycles. The molecule has 0 aliphatic carbocycles. The van der Waals surface area contributed by atoms with Gasteiger partial charge in [0.15, 0.2) is 0 Å². The van der Waals surface area contributed by atoms with E-state index in [4.69, 9.17) is 9.47 Å². The van der Waals surface area contributed by atoms with Gasteiger partial charge in [0, 0.05) is 31.9 Å². The van der Waals surface area contributed by atoms with E-state index in [1.165, 1.54) is 7.11 Å². The average molecular weight is 405 g/mol. The Morgan fingerprint density at radius 3 is 2.28 bits per heavy atom. The van der Waals surface area contributed by atoms with Crippen molar-refractivity contribution in [3.63, 3.8) is 0 Å². The van der Waals surface area contributed by atoms with Crippen LogP contribution < -0.4 is 10.2 Å². The number of nitrogens with one attached hydrogen (secondary N) is 1. The average Bonchev–Trinajstić information content (AvgIpc) is 2.73. The third-order valence-corrected chi connectivity index (χ3v) is 4.74. The maximum atomic E-state index is 12.3. The Hall–Kier alpha value is -2.61. The van der Waals surface area contributed by atoms with Crippen molar-refractivity contribution in [3.8, 4) is 0 Å². The zero-order valence-electron chi connectivity index (χ0n) is 17.4. The highest BCUT2D eigenvalue weighted by atomic mass is 16.5. The first-order valence-electron chi connectivity index (χ1n) is 9.93. The van der Waals surface area contributed by atoms with Crippen molar-refractivity contribution in [1.82, 2.24) is 10.2 Å². The molecule has 1 aromatic rings. The summed E-state index contributed by atoms with van der Waals surface area (Å²) in [5, 5.41) is 2.61. The fourth-order valence-electron chi connectivity index (χ4n) is 3.24. The summed E-state index contributed by atoms with van der Waals surface area (Å²) in [7, 11) is 1.29. The Bertz CT molecular complexity index is 672. The summed E-state index contributed by atoms with van der Waals surface area (Å²) in [4.78, 5) is 40.1. The highest BCUT2D eigenvalue weighted by molar-refractivity contribution is 5.85. The number of hydrogen-bond donors (Lipinski definition) is 1. The molecule has 1 N–H and O–H groups in total. The maximum Gasteiger partial charge on any atom is 0.328 e. The highest BCUT2D eigenvalue weighted by Crippen LogP contribution is 2.15. The monoisotopic (exact) mass is 405 g/mol. The smallest absolute Gasteiger partial charge is 0.328 e. The van der Waals surface area contributed by atoms with Gasteiger partial charge >= 0.3 is 5.97 Å². The molecular formula is C21H31N3O5. The van der Waals surface area contributed by atoms with E-state index in [1.54, 1.807) is 4.90 Å². The molecule has 1 unspecified atom stereocenters. The van der Waals surface area contributed by atoms with Gasteiger partial charge < -0.3 is 24.6 Å². The second kappa shape index (κ2) is 11.4. The van der Waals surface area contributed by atoms with Gasteiger partial charge in [-0.15, -0.1) is 0 Å². The molecule has 1 aromatic carbocycles. The lowest BCUT2D eigenvalue weighted by Gasteiger charge is -2.36. The van der Waals surface area contributed by atoms with Crippen LogP contribution in [0.1, 0.15) is 20.3 Å². The van der Waals surface area contributed by atoms with Crippen molar-refractivity contribution in [2.45, 2.75) is 26.3 Å². The topological polar surface area (TPSA) is 88.2 Å². The van der Waals surface area contributed by atoms with Crippen LogP contribution in [0.2, 0.25) is 0 Å². The Balaban J connectivity index is 1.70. The van der Waals surface area contributed by atoms with Crippen LogP contribution in [0, 0.1) is 5.92 Å². The van der Waals surface area contributed by atoms with Gasteiger partial charge in [-0.3, -0.25) is 9.59 Å². The van der Waals surface area contributed by atoms with Gasteiger partial charge in [-0.25, -0.2) is 4.79 Å². The van der Waals surface area contributed by atoms with Crippen LogP contribution >= 0.6 is 0 Å². The van der Waals surface area contributed by atoms with Gasteiger partial charge in [-0.2, -0.15) is 0 Å². The first-order valence-corrected chi connectivity index (χ1v) is 9.93. The van der Waals surface area contributed by atoms with E-state index in [9.17, 15) is 14.4 Å². The Morgan fingerprint density at radius 2 is 1.69 bits per heavy atom. The van der Waals surface area contributed by atoms with Crippen LogP contribution in [0.3, 0.4) is 0 Å². The number of para-hydroxylation sites is 1. The lowest BCUT2D eigenvalue weighted by atomic mass is 10.0. The third kappa shape index (κ3) is 7.38. The van der Waals surface area contributed by atoms with Gasteiger partial charge in [0.05, 0.1) is 7.11 Å². The fourth-order valence-corrected chi connectivity index (χ4v) is 3.24. The van der Waals surface area contributed by atoms with Gasteiger partial charge in [0.1, 0.15) is 19.3 Å². The Labute approximate surface area is 172 Å². The second-order valence-electron chi connectivity index (χ2n) is 7.47. The standard InChI is InChI=1S/C21H31N3O5/c1-16(2)13-18(21(27)28-3)22-19(25)14-29-15-20(26)24-11-9-23(10-12-24)17-7-5-4-6-8-17/h4-8,16,18H,9-15H2,1-3H3,(H,22,25). The molecule has 1 atom stereocenters. The summed E-state index contributed by atoms with van der Waals surface area (Å²) in [6.45, 7) is 6.21. The van der Waals surface area contributed by atoms with Crippen molar-refractivity contribution < 1.29 is 23.9 Å². The van der Waals surface area contributed by atoms with E-state index in [1.807, 2.05) is 32.0 Å². The van der Waals surface area contributed by atoms with E-state index < -0.39 is 17.9 Å². The molecule has 8 nitrogen and oxygen atoms in total. The number of anilines is 1. The molecule has 8 heteroatoms. The predicted molar refractivity (Wildman–Crippen MR) is 109 cm³/mol. The van der Waals surface area contributed by atoms with Crippen molar-refractivity contribution >= 4 is 23.5 Å². The number of piperazine rings is 1. The molecule has 0 aromatic heterocycles. The van der Waals surface area contributed by atoms with E-state index in [0.717, 1.165) is 18.8 Å². The zero-order valence-corrected chi connectivity index (χ0v) is 17.4. The van der Waals surface area contributed by atoms with Gasteiger partial charge in [0.2, 0.25) is 11.8 Å². The van der Waals surface area contributed by atoms with Crippen molar-refractivity contribution in [1.29, 1.82) is 0 Å².